The van der Waals surface area contributed by atoms with Gasteiger partial charge in [-0.25, -0.2) is 4.39 Å². The molecule has 0 unspecified atom stereocenters. The Morgan fingerprint density at radius 1 is 1.08 bits per heavy atom. The predicted molar refractivity (Wildman–Crippen MR) is 100.0 cm³/mol. The second-order valence-electron chi connectivity index (χ2n) is 5.89. The second-order valence-corrected chi connectivity index (χ2v) is 5.89. The van der Waals surface area contributed by atoms with Crippen molar-refractivity contribution in [3.8, 4) is 11.8 Å². The lowest BCUT2D eigenvalue weighted by atomic mass is 10.1. The number of anilines is 1. The summed E-state index contributed by atoms with van der Waals surface area (Å²) >= 11 is 0. The first-order chi connectivity index (χ1) is 12.1. The molecule has 4 heteroatoms. The molecular formula is C21H18FN3. The van der Waals surface area contributed by atoms with Gasteiger partial charge in [-0.2, -0.15) is 5.26 Å². The van der Waals surface area contributed by atoms with E-state index < -0.39 is 0 Å². The first-order valence-electron chi connectivity index (χ1n) is 7.91. The largest absolute Gasteiger partial charge is 0.378 e. The van der Waals surface area contributed by atoms with Crippen LogP contribution in [0, 0.1) is 17.1 Å². The van der Waals surface area contributed by atoms with Crippen molar-refractivity contribution in [3.63, 3.8) is 0 Å². The highest BCUT2D eigenvalue weighted by Gasteiger charge is 2.06. The SMILES string of the molecule is CN(C)c1ccc(-n2cccc2/C=C(/C#N)c2cccc(F)c2)cc1. The predicted octanol–water partition coefficient (Wildman–Crippen LogP) is 4.75. The van der Waals surface area contributed by atoms with Gasteiger partial charge in [-0.3, -0.25) is 0 Å². The minimum Gasteiger partial charge on any atom is -0.378 e. The van der Waals surface area contributed by atoms with Crippen LogP contribution in [0.25, 0.3) is 17.3 Å². The Balaban J connectivity index is 1.99. The van der Waals surface area contributed by atoms with E-state index in [0.29, 0.717) is 11.1 Å². The summed E-state index contributed by atoms with van der Waals surface area (Å²) in [6, 6.07) is 20.2. The molecule has 0 bridgehead atoms. The molecule has 124 valence electrons. The van der Waals surface area contributed by atoms with Gasteiger partial charge in [0.25, 0.3) is 0 Å². The van der Waals surface area contributed by atoms with E-state index in [1.807, 2.05) is 66.2 Å². The van der Waals surface area contributed by atoms with Crippen LogP contribution in [0.4, 0.5) is 10.1 Å². The highest BCUT2D eigenvalue weighted by atomic mass is 19.1. The van der Waals surface area contributed by atoms with Crippen LogP contribution in [0.2, 0.25) is 0 Å². The topological polar surface area (TPSA) is 32.0 Å². The fourth-order valence-electron chi connectivity index (χ4n) is 2.64. The van der Waals surface area contributed by atoms with Gasteiger partial charge in [0.05, 0.1) is 11.6 Å². The number of nitriles is 1. The molecule has 0 aliphatic heterocycles. The Kier molecular flexibility index (Phi) is 4.67. The van der Waals surface area contributed by atoms with E-state index in [4.69, 9.17) is 0 Å². The first-order valence-corrected chi connectivity index (χ1v) is 7.91. The normalized spacial score (nSPS) is 11.2. The zero-order valence-corrected chi connectivity index (χ0v) is 14.1. The molecule has 0 fully saturated rings. The lowest BCUT2D eigenvalue weighted by molar-refractivity contribution is 0.627. The average Bonchev–Trinajstić information content (AvgIpc) is 3.08. The third kappa shape index (κ3) is 3.61. The van der Waals surface area contributed by atoms with Gasteiger partial charge in [0.2, 0.25) is 0 Å². The maximum Gasteiger partial charge on any atom is 0.123 e. The van der Waals surface area contributed by atoms with Gasteiger partial charge in [0.15, 0.2) is 0 Å². The number of benzene rings is 2. The standard InChI is InChI=1S/C21H18FN3/c1-24(2)19-8-10-20(11-9-19)25-12-4-7-21(25)14-17(15-23)16-5-3-6-18(22)13-16/h3-14H,1-2H3/b17-14-. The van der Waals surface area contributed by atoms with Crippen molar-refractivity contribution in [1.29, 1.82) is 5.26 Å². The van der Waals surface area contributed by atoms with E-state index in [-0.39, 0.29) is 5.82 Å². The van der Waals surface area contributed by atoms with Gasteiger partial charge in [0.1, 0.15) is 5.82 Å². The summed E-state index contributed by atoms with van der Waals surface area (Å²) in [5.74, 6) is -0.353. The third-order valence-electron chi connectivity index (χ3n) is 3.97. The molecule has 1 heterocycles. The summed E-state index contributed by atoms with van der Waals surface area (Å²) in [6.45, 7) is 0. The van der Waals surface area contributed by atoms with E-state index in [1.54, 1.807) is 18.2 Å². The van der Waals surface area contributed by atoms with Crippen LogP contribution in [-0.4, -0.2) is 18.7 Å². The number of aromatic nitrogens is 1. The first kappa shape index (κ1) is 16.5. The summed E-state index contributed by atoms with van der Waals surface area (Å²) in [4.78, 5) is 2.04. The summed E-state index contributed by atoms with van der Waals surface area (Å²) in [5.41, 5.74) is 3.96. The molecule has 3 rings (SSSR count). The van der Waals surface area contributed by atoms with Gasteiger partial charge in [0, 0.05) is 37.4 Å². The Morgan fingerprint density at radius 3 is 2.48 bits per heavy atom. The maximum atomic E-state index is 13.4. The van der Waals surface area contributed by atoms with Crippen LogP contribution in [0.1, 0.15) is 11.3 Å². The summed E-state index contributed by atoms with van der Waals surface area (Å²) < 4.78 is 15.4. The van der Waals surface area contributed by atoms with Crippen molar-refractivity contribution < 1.29 is 4.39 Å². The summed E-state index contributed by atoms with van der Waals surface area (Å²) in [5, 5.41) is 9.47. The number of rotatable bonds is 4. The highest BCUT2D eigenvalue weighted by Crippen LogP contribution is 2.22. The fourth-order valence-corrected chi connectivity index (χ4v) is 2.64. The lowest BCUT2D eigenvalue weighted by Crippen LogP contribution is -2.08. The van der Waals surface area contributed by atoms with Crippen molar-refractivity contribution in [1.82, 2.24) is 4.57 Å². The fraction of sp³-hybridized carbons (Fsp3) is 0.0952. The second kappa shape index (κ2) is 7.06. The number of nitrogens with zero attached hydrogens (tertiary/aromatic N) is 3. The van der Waals surface area contributed by atoms with Crippen molar-refractivity contribution in [3.05, 3.63) is 83.9 Å². The Hall–Kier alpha value is -3.32. The quantitative estimate of drug-likeness (QED) is 0.646. The van der Waals surface area contributed by atoms with Crippen LogP contribution in [0.15, 0.2) is 66.9 Å². The molecule has 2 aromatic carbocycles. The molecular weight excluding hydrogens is 313 g/mol. The van der Waals surface area contributed by atoms with Crippen molar-refractivity contribution in [2.24, 2.45) is 0 Å². The maximum absolute atomic E-state index is 13.4. The lowest BCUT2D eigenvalue weighted by Gasteiger charge is -2.14. The molecule has 1 aromatic heterocycles. The Labute approximate surface area is 146 Å². The molecule has 0 spiro atoms. The molecule has 0 saturated carbocycles. The van der Waals surface area contributed by atoms with Gasteiger partial charge in [-0.15, -0.1) is 0 Å². The van der Waals surface area contributed by atoms with E-state index in [9.17, 15) is 9.65 Å². The highest BCUT2D eigenvalue weighted by molar-refractivity contribution is 5.89. The molecule has 0 aliphatic carbocycles. The van der Waals surface area contributed by atoms with Crippen LogP contribution in [0.3, 0.4) is 0 Å². The van der Waals surface area contributed by atoms with Crippen LogP contribution < -0.4 is 4.90 Å². The van der Waals surface area contributed by atoms with Crippen molar-refractivity contribution in [2.75, 3.05) is 19.0 Å². The van der Waals surface area contributed by atoms with E-state index in [1.165, 1.54) is 12.1 Å². The minimum atomic E-state index is -0.353. The van der Waals surface area contributed by atoms with Gasteiger partial charge in [-0.1, -0.05) is 12.1 Å². The zero-order valence-electron chi connectivity index (χ0n) is 14.1. The van der Waals surface area contributed by atoms with Crippen molar-refractivity contribution in [2.45, 2.75) is 0 Å². The molecule has 0 radical (unpaired) electrons. The number of hydrogen-bond donors (Lipinski definition) is 0. The molecule has 0 saturated heterocycles. The number of hydrogen-bond acceptors (Lipinski definition) is 2. The summed E-state index contributed by atoms with van der Waals surface area (Å²) in [6.07, 6.45) is 3.71. The van der Waals surface area contributed by atoms with Gasteiger partial charge in [-0.05, 0) is 60.2 Å². The number of halogens is 1. The van der Waals surface area contributed by atoms with Gasteiger partial charge >= 0.3 is 0 Å². The third-order valence-corrected chi connectivity index (χ3v) is 3.97. The Bertz CT molecular complexity index is 944. The molecule has 0 amide bonds. The zero-order chi connectivity index (χ0) is 17.8. The van der Waals surface area contributed by atoms with E-state index in [0.717, 1.165) is 17.1 Å². The average molecular weight is 331 g/mol. The monoisotopic (exact) mass is 331 g/mol. The summed E-state index contributed by atoms with van der Waals surface area (Å²) in [7, 11) is 3.99. The Morgan fingerprint density at radius 2 is 1.84 bits per heavy atom. The molecule has 0 aliphatic rings. The molecule has 3 aromatic rings. The molecule has 25 heavy (non-hydrogen) atoms. The van der Waals surface area contributed by atoms with Crippen LogP contribution >= 0.6 is 0 Å². The minimum absolute atomic E-state index is 0.353. The molecule has 0 N–H and O–H groups in total. The van der Waals surface area contributed by atoms with E-state index in [2.05, 4.69) is 6.07 Å². The van der Waals surface area contributed by atoms with E-state index >= 15 is 0 Å². The van der Waals surface area contributed by atoms with Crippen LogP contribution in [0.5, 0.6) is 0 Å². The van der Waals surface area contributed by atoms with Crippen molar-refractivity contribution >= 4 is 17.3 Å². The van der Waals surface area contributed by atoms with Crippen LogP contribution in [-0.2, 0) is 0 Å². The number of allylic oxidation sites excluding steroid dienone is 1. The van der Waals surface area contributed by atoms with Gasteiger partial charge < -0.3 is 9.47 Å². The molecule has 3 nitrogen and oxygen atoms in total. The molecule has 0 atom stereocenters. The smallest absolute Gasteiger partial charge is 0.123 e.